The van der Waals surface area contributed by atoms with Crippen LogP contribution in [0.2, 0.25) is 0 Å². The first kappa shape index (κ1) is 15.6. The highest BCUT2D eigenvalue weighted by molar-refractivity contribution is 6.56. The fourth-order valence-electron chi connectivity index (χ4n) is 4.07. The van der Waals surface area contributed by atoms with Crippen LogP contribution >= 0.6 is 0 Å². The number of rotatable bonds is 0. The van der Waals surface area contributed by atoms with E-state index in [1.165, 1.54) is 0 Å². The molecule has 0 radical (unpaired) electrons. The largest absolute Gasteiger partial charge is 0.290 e. The van der Waals surface area contributed by atoms with Crippen LogP contribution in [0.1, 0.15) is 67.2 Å². The fourth-order valence-corrected chi connectivity index (χ4v) is 4.07. The van der Waals surface area contributed by atoms with E-state index in [1.54, 1.807) is 0 Å². The Hall–Kier alpha value is -1.32. The Balaban J connectivity index is 2.23. The van der Waals surface area contributed by atoms with Crippen molar-refractivity contribution in [3.05, 3.63) is 0 Å². The number of carbonyl (C=O) groups is 2. The zero-order chi connectivity index (χ0) is 16.6. The van der Waals surface area contributed by atoms with Crippen molar-refractivity contribution in [2.45, 2.75) is 78.3 Å². The van der Waals surface area contributed by atoms with Crippen LogP contribution in [0.3, 0.4) is 0 Å². The molecule has 0 bridgehead atoms. The van der Waals surface area contributed by atoms with Gasteiger partial charge in [-0.3, -0.25) is 19.6 Å². The second-order valence-electron chi connectivity index (χ2n) is 9.01. The van der Waals surface area contributed by atoms with E-state index >= 15 is 0 Å². The van der Waals surface area contributed by atoms with Gasteiger partial charge in [-0.25, -0.2) is 0 Å². The van der Waals surface area contributed by atoms with Gasteiger partial charge in [-0.05, 0) is 12.8 Å². The zero-order valence-electron chi connectivity index (χ0n) is 14.5. The lowest BCUT2D eigenvalue weighted by Gasteiger charge is -2.37. The van der Waals surface area contributed by atoms with Crippen molar-refractivity contribution in [1.29, 1.82) is 0 Å². The van der Waals surface area contributed by atoms with E-state index in [-0.39, 0.29) is 22.4 Å². The first-order valence-electron chi connectivity index (χ1n) is 8.26. The Kier molecular flexibility index (Phi) is 2.94. The summed E-state index contributed by atoms with van der Waals surface area (Å²) in [4.78, 5) is 36.0. The van der Waals surface area contributed by atoms with Gasteiger partial charge in [-0.1, -0.05) is 54.4 Å². The van der Waals surface area contributed by atoms with Crippen molar-refractivity contribution >= 4 is 23.0 Å². The second kappa shape index (κ2) is 4.15. The van der Waals surface area contributed by atoms with Crippen LogP contribution in [0.5, 0.6) is 0 Å². The van der Waals surface area contributed by atoms with Crippen LogP contribution in [0.15, 0.2) is 9.98 Å². The third-order valence-electron chi connectivity index (χ3n) is 5.22. The van der Waals surface area contributed by atoms with E-state index < -0.39 is 11.1 Å². The van der Waals surface area contributed by atoms with Crippen molar-refractivity contribution in [1.82, 2.24) is 0 Å². The minimum atomic E-state index is -0.937. The number of aliphatic imine (C=N–C) groups is 2. The van der Waals surface area contributed by atoms with Gasteiger partial charge in [0.05, 0.1) is 11.4 Å². The number of Topliss-reactive ketones (excluding diaryl/α,β-unsaturated/α-hetero) is 2. The van der Waals surface area contributed by atoms with Gasteiger partial charge in [-0.2, -0.15) is 0 Å². The summed E-state index contributed by atoms with van der Waals surface area (Å²) in [7, 11) is 0. The molecular formula is C18H26N2O2. The van der Waals surface area contributed by atoms with Crippen LogP contribution in [0.25, 0.3) is 0 Å². The van der Waals surface area contributed by atoms with Gasteiger partial charge >= 0.3 is 0 Å². The smallest absolute Gasteiger partial charge is 0.207 e. The summed E-state index contributed by atoms with van der Waals surface area (Å²) in [6, 6.07) is 0. The van der Waals surface area contributed by atoms with Crippen LogP contribution in [0, 0.1) is 10.8 Å². The Bertz CT molecular complexity index is 574. The first-order valence-corrected chi connectivity index (χ1v) is 8.26. The van der Waals surface area contributed by atoms with Gasteiger partial charge in [-0.15, -0.1) is 0 Å². The minimum absolute atomic E-state index is 0.00713. The molecule has 1 fully saturated rings. The standard InChI is InChI=1S/C18H26N2O2/c1-15(2,3)11-13(21)17-9-7-8-10-18(17,19-11)14(22)12(20-17)16(4,5)6/h7-10H2,1-6H3. The normalized spacial score (nSPS) is 35.2. The molecule has 0 aromatic carbocycles. The molecule has 22 heavy (non-hydrogen) atoms. The molecule has 1 aliphatic carbocycles. The summed E-state index contributed by atoms with van der Waals surface area (Å²) < 4.78 is 0. The minimum Gasteiger partial charge on any atom is -0.290 e. The summed E-state index contributed by atoms with van der Waals surface area (Å²) in [6.45, 7) is 11.9. The van der Waals surface area contributed by atoms with Crippen molar-refractivity contribution < 1.29 is 9.59 Å². The van der Waals surface area contributed by atoms with Gasteiger partial charge in [0.2, 0.25) is 11.6 Å². The maximum absolute atomic E-state index is 13.2. The Morgan fingerprint density at radius 3 is 1.32 bits per heavy atom. The summed E-state index contributed by atoms with van der Waals surface area (Å²) in [6.07, 6.45) is 3.18. The molecular weight excluding hydrogens is 276 g/mol. The molecule has 0 saturated heterocycles. The molecule has 2 atom stereocenters. The Labute approximate surface area is 132 Å². The SMILES string of the molecule is CC(C)(C)C1=NC23CCCCC2(N=C(C(C)(C)C)C3=O)C1=O. The molecule has 3 aliphatic rings. The predicted octanol–water partition coefficient (Wildman–Crippen LogP) is 3.18. The van der Waals surface area contributed by atoms with Gasteiger partial charge in [0, 0.05) is 10.8 Å². The molecule has 120 valence electrons. The number of hydrogen-bond acceptors (Lipinski definition) is 4. The highest BCUT2D eigenvalue weighted by Crippen LogP contribution is 2.54. The lowest BCUT2D eigenvalue weighted by atomic mass is 9.65. The molecule has 0 aromatic heterocycles. The van der Waals surface area contributed by atoms with E-state index in [9.17, 15) is 9.59 Å². The highest BCUT2D eigenvalue weighted by Gasteiger charge is 2.72. The second-order valence-corrected chi connectivity index (χ2v) is 9.01. The number of ketones is 2. The van der Waals surface area contributed by atoms with E-state index in [4.69, 9.17) is 9.98 Å². The molecule has 2 aliphatic heterocycles. The molecule has 3 rings (SSSR count). The monoisotopic (exact) mass is 302 g/mol. The summed E-state index contributed by atoms with van der Waals surface area (Å²) in [5.41, 5.74) is -1.45. The van der Waals surface area contributed by atoms with Crippen LogP contribution in [-0.2, 0) is 9.59 Å². The van der Waals surface area contributed by atoms with Gasteiger partial charge in [0.25, 0.3) is 0 Å². The molecule has 4 heteroatoms. The molecule has 0 aromatic rings. The zero-order valence-corrected chi connectivity index (χ0v) is 14.5. The third kappa shape index (κ3) is 1.70. The van der Waals surface area contributed by atoms with E-state index in [0.717, 1.165) is 12.8 Å². The van der Waals surface area contributed by atoms with Crippen molar-refractivity contribution in [2.24, 2.45) is 20.8 Å². The van der Waals surface area contributed by atoms with Gasteiger partial charge < -0.3 is 0 Å². The molecule has 4 nitrogen and oxygen atoms in total. The first-order chi connectivity index (χ1) is 9.96. The average molecular weight is 302 g/mol. The number of nitrogens with zero attached hydrogens (tertiary/aromatic N) is 2. The molecule has 0 spiro atoms. The average Bonchev–Trinajstić information content (AvgIpc) is 2.80. The molecule has 2 unspecified atom stereocenters. The van der Waals surface area contributed by atoms with Crippen LogP contribution in [0.4, 0.5) is 0 Å². The maximum Gasteiger partial charge on any atom is 0.207 e. The molecule has 2 heterocycles. The topological polar surface area (TPSA) is 58.9 Å². The van der Waals surface area contributed by atoms with Gasteiger partial charge in [0.1, 0.15) is 0 Å². The van der Waals surface area contributed by atoms with Crippen LogP contribution in [-0.4, -0.2) is 34.1 Å². The Morgan fingerprint density at radius 1 is 0.727 bits per heavy atom. The third-order valence-corrected chi connectivity index (χ3v) is 5.22. The van der Waals surface area contributed by atoms with Crippen LogP contribution < -0.4 is 0 Å². The van der Waals surface area contributed by atoms with Crippen molar-refractivity contribution in [2.75, 3.05) is 0 Å². The highest BCUT2D eigenvalue weighted by atomic mass is 16.2. The predicted molar refractivity (Wildman–Crippen MR) is 87.7 cm³/mol. The number of carbonyl (C=O) groups excluding carboxylic acids is 2. The molecule has 1 saturated carbocycles. The Morgan fingerprint density at radius 2 is 1.05 bits per heavy atom. The molecule has 0 amide bonds. The summed E-state index contributed by atoms with van der Waals surface area (Å²) in [5, 5.41) is 0. The maximum atomic E-state index is 13.2. The van der Waals surface area contributed by atoms with Crippen molar-refractivity contribution in [3.8, 4) is 0 Å². The van der Waals surface area contributed by atoms with Gasteiger partial charge in [0.15, 0.2) is 11.1 Å². The van der Waals surface area contributed by atoms with Crippen molar-refractivity contribution in [3.63, 3.8) is 0 Å². The van der Waals surface area contributed by atoms with E-state index in [1.807, 2.05) is 41.5 Å². The lowest BCUT2D eigenvalue weighted by molar-refractivity contribution is -0.126. The lowest BCUT2D eigenvalue weighted by Crippen LogP contribution is -2.57. The number of hydrogen-bond donors (Lipinski definition) is 0. The quantitative estimate of drug-likeness (QED) is 0.690. The van der Waals surface area contributed by atoms with E-state index in [2.05, 4.69) is 0 Å². The summed E-state index contributed by atoms with van der Waals surface area (Å²) >= 11 is 0. The molecule has 0 N–H and O–H groups in total. The fraction of sp³-hybridized carbons (Fsp3) is 0.778. The van der Waals surface area contributed by atoms with E-state index in [0.29, 0.717) is 24.3 Å². The summed E-state index contributed by atoms with van der Waals surface area (Å²) in [5.74, 6) is -0.0143.